The van der Waals surface area contributed by atoms with Gasteiger partial charge in [0.25, 0.3) is 0 Å². The Morgan fingerprint density at radius 3 is 2.48 bits per heavy atom. The number of fused-ring (bicyclic) bond motifs is 1. The molecule has 0 unspecified atom stereocenters. The summed E-state index contributed by atoms with van der Waals surface area (Å²) in [6, 6.07) is 3.98. The van der Waals surface area contributed by atoms with Gasteiger partial charge in [0, 0.05) is 11.2 Å². The van der Waals surface area contributed by atoms with Gasteiger partial charge in [0.05, 0.1) is 27.3 Å². The zero-order valence-corrected chi connectivity index (χ0v) is 12.6. The summed E-state index contributed by atoms with van der Waals surface area (Å²) in [7, 11) is 0. The number of halogens is 3. The lowest BCUT2D eigenvalue weighted by molar-refractivity contribution is 0.251. The van der Waals surface area contributed by atoms with E-state index >= 15 is 0 Å². The molecule has 2 aromatic heterocycles. The molecule has 0 radical (unpaired) electrons. The Hall–Kier alpha value is -1.82. The van der Waals surface area contributed by atoms with Crippen LogP contribution in [0.15, 0.2) is 30.6 Å². The minimum Gasteiger partial charge on any atom is -0.351 e. The van der Waals surface area contributed by atoms with Crippen molar-refractivity contribution in [2.75, 3.05) is 0 Å². The number of carbonyl (C=O) groups is 1. The van der Waals surface area contributed by atoms with Crippen LogP contribution < -0.4 is 5.73 Å². The maximum absolute atomic E-state index is 11.8. The molecule has 0 atom stereocenters. The van der Waals surface area contributed by atoms with Gasteiger partial charge < -0.3 is 5.73 Å². The Kier molecular flexibility index (Phi) is 3.49. The molecule has 0 aliphatic carbocycles. The second-order valence-electron chi connectivity index (χ2n) is 4.22. The predicted molar refractivity (Wildman–Crippen MR) is 83.0 cm³/mol. The molecule has 1 amide bonds. The second kappa shape index (κ2) is 5.18. The molecule has 1 aromatic carbocycles. The van der Waals surface area contributed by atoms with Crippen molar-refractivity contribution in [3.63, 3.8) is 0 Å². The summed E-state index contributed by atoms with van der Waals surface area (Å²) < 4.78 is 1.23. The largest absolute Gasteiger partial charge is 0.351 e. The average molecular weight is 342 g/mol. The van der Waals surface area contributed by atoms with Crippen molar-refractivity contribution in [3.8, 4) is 11.4 Å². The van der Waals surface area contributed by atoms with Crippen LogP contribution >= 0.6 is 34.8 Å². The SMILES string of the molecule is NC(=O)n1c(-c2c(Cl)cc(Cl)cc2Cl)nc2cnccc21. The quantitative estimate of drug-likeness (QED) is 0.727. The zero-order valence-electron chi connectivity index (χ0n) is 10.3. The molecular formula is C13H7Cl3N4O. The van der Waals surface area contributed by atoms with E-state index in [0.29, 0.717) is 21.6 Å². The molecule has 0 aliphatic heterocycles. The van der Waals surface area contributed by atoms with Crippen LogP contribution in [0.3, 0.4) is 0 Å². The number of benzene rings is 1. The summed E-state index contributed by atoms with van der Waals surface area (Å²) in [6.07, 6.45) is 3.06. The Labute approximate surface area is 134 Å². The first-order valence-electron chi connectivity index (χ1n) is 5.76. The van der Waals surface area contributed by atoms with Gasteiger partial charge in [0.1, 0.15) is 5.52 Å². The van der Waals surface area contributed by atoms with Crippen molar-refractivity contribution in [2.24, 2.45) is 5.73 Å². The van der Waals surface area contributed by atoms with Crippen LogP contribution in [-0.2, 0) is 0 Å². The van der Waals surface area contributed by atoms with E-state index in [9.17, 15) is 4.79 Å². The maximum Gasteiger partial charge on any atom is 0.325 e. The van der Waals surface area contributed by atoms with E-state index in [0.717, 1.165) is 0 Å². The molecule has 2 N–H and O–H groups in total. The standard InChI is InChI=1S/C13H7Cl3N4O/c14-6-3-7(15)11(8(16)4-6)12-19-9-5-18-2-1-10(9)20(12)13(17)21/h1-5H,(H2,17,21). The normalized spacial score (nSPS) is 11.0. The van der Waals surface area contributed by atoms with Crippen molar-refractivity contribution in [2.45, 2.75) is 0 Å². The first kappa shape index (κ1) is 14.1. The summed E-state index contributed by atoms with van der Waals surface area (Å²) in [4.78, 5) is 20.1. The van der Waals surface area contributed by atoms with Crippen molar-refractivity contribution in [3.05, 3.63) is 45.7 Å². The number of nitrogens with zero attached hydrogens (tertiary/aromatic N) is 3. The number of hydrogen-bond donors (Lipinski definition) is 1. The van der Waals surface area contributed by atoms with Gasteiger partial charge >= 0.3 is 6.03 Å². The molecule has 8 heteroatoms. The fraction of sp³-hybridized carbons (Fsp3) is 0. The molecule has 0 spiro atoms. The van der Waals surface area contributed by atoms with Crippen molar-refractivity contribution in [1.82, 2.24) is 14.5 Å². The monoisotopic (exact) mass is 340 g/mol. The highest BCUT2D eigenvalue weighted by atomic mass is 35.5. The summed E-state index contributed by atoms with van der Waals surface area (Å²) in [5, 5.41) is 0.939. The van der Waals surface area contributed by atoms with Gasteiger partial charge in [-0.15, -0.1) is 0 Å². The number of primary amides is 1. The fourth-order valence-electron chi connectivity index (χ4n) is 2.08. The van der Waals surface area contributed by atoms with Crippen molar-refractivity contribution in [1.29, 1.82) is 0 Å². The first-order chi connectivity index (χ1) is 9.99. The molecule has 3 aromatic rings. The van der Waals surface area contributed by atoms with E-state index < -0.39 is 6.03 Å². The van der Waals surface area contributed by atoms with Crippen LogP contribution in [0.4, 0.5) is 4.79 Å². The van der Waals surface area contributed by atoms with Crippen LogP contribution in [0.25, 0.3) is 22.4 Å². The van der Waals surface area contributed by atoms with Gasteiger partial charge in [-0.05, 0) is 18.2 Å². The molecule has 0 aliphatic rings. The number of aromatic nitrogens is 3. The van der Waals surface area contributed by atoms with E-state index in [2.05, 4.69) is 9.97 Å². The fourth-order valence-corrected chi connectivity index (χ4v) is 3.06. The molecule has 0 fully saturated rings. The number of amides is 1. The number of hydrogen-bond acceptors (Lipinski definition) is 3. The Balaban J connectivity index is 2.41. The molecule has 0 bridgehead atoms. The lowest BCUT2D eigenvalue weighted by Crippen LogP contribution is -2.20. The van der Waals surface area contributed by atoms with Crippen molar-refractivity contribution < 1.29 is 4.79 Å². The number of nitrogens with two attached hydrogens (primary N) is 1. The van der Waals surface area contributed by atoms with E-state index in [1.807, 2.05) is 0 Å². The molecule has 0 saturated carbocycles. The number of rotatable bonds is 1. The van der Waals surface area contributed by atoms with Gasteiger partial charge in [0.15, 0.2) is 5.82 Å². The Bertz CT molecular complexity index is 852. The van der Waals surface area contributed by atoms with Gasteiger partial charge in [-0.2, -0.15) is 0 Å². The molecular weight excluding hydrogens is 335 g/mol. The third-order valence-electron chi connectivity index (χ3n) is 2.91. The highest BCUT2D eigenvalue weighted by Gasteiger charge is 2.21. The van der Waals surface area contributed by atoms with Gasteiger partial charge in [-0.25, -0.2) is 14.3 Å². The zero-order chi connectivity index (χ0) is 15.1. The lowest BCUT2D eigenvalue weighted by atomic mass is 10.2. The van der Waals surface area contributed by atoms with Crippen LogP contribution in [0.5, 0.6) is 0 Å². The number of pyridine rings is 1. The Morgan fingerprint density at radius 1 is 1.19 bits per heavy atom. The highest BCUT2D eigenvalue weighted by Crippen LogP contribution is 2.37. The summed E-state index contributed by atoms with van der Waals surface area (Å²) >= 11 is 18.3. The third-order valence-corrected chi connectivity index (χ3v) is 3.72. The topological polar surface area (TPSA) is 73.8 Å². The predicted octanol–water partition coefficient (Wildman–Crippen LogP) is 3.99. The molecule has 5 nitrogen and oxygen atoms in total. The van der Waals surface area contributed by atoms with Gasteiger partial charge in [-0.3, -0.25) is 4.98 Å². The second-order valence-corrected chi connectivity index (χ2v) is 5.47. The third kappa shape index (κ3) is 2.33. The van der Waals surface area contributed by atoms with E-state index in [1.54, 1.807) is 6.07 Å². The smallest absolute Gasteiger partial charge is 0.325 e. The first-order valence-corrected chi connectivity index (χ1v) is 6.89. The van der Waals surface area contributed by atoms with E-state index in [4.69, 9.17) is 40.5 Å². The molecule has 3 rings (SSSR count). The summed E-state index contributed by atoms with van der Waals surface area (Å²) in [6.45, 7) is 0. The number of carbonyl (C=O) groups excluding carboxylic acids is 1. The maximum atomic E-state index is 11.8. The van der Waals surface area contributed by atoms with Crippen LogP contribution in [0.1, 0.15) is 0 Å². The Morgan fingerprint density at radius 2 is 1.86 bits per heavy atom. The lowest BCUT2D eigenvalue weighted by Gasteiger charge is -2.08. The van der Waals surface area contributed by atoms with Crippen molar-refractivity contribution >= 4 is 51.9 Å². The number of imidazole rings is 1. The minimum absolute atomic E-state index is 0.247. The van der Waals surface area contributed by atoms with Crippen LogP contribution in [-0.4, -0.2) is 20.6 Å². The highest BCUT2D eigenvalue weighted by molar-refractivity contribution is 6.41. The molecule has 0 saturated heterocycles. The molecule has 2 heterocycles. The summed E-state index contributed by atoms with van der Waals surface area (Å²) in [5.41, 5.74) is 6.86. The average Bonchev–Trinajstić information content (AvgIpc) is 2.76. The van der Waals surface area contributed by atoms with Gasteiger partial charge in [0.2, 0.25) is 0 Å². The van der Waals surface area contributed by atoms with Crippen LogP contribution in [0, 0.1) is 0 Å². The molecule has 106 valence electrons. The summed E-state index contributed by atoms with van der Waals surface area (Å²) in [5.74, 6) is 0.247. The minimum atomic E-state index is -0.694. The van der Waals surface area contributed by atoms with Gasteiger partial charge in [-0.1, -0.05) is 34.8 Å². The van der Waals surface area contributed by atoms with E-state index in [-0.39, 0.29) is 15.9 Å². The molecule has 21 heavy (non-hydrogen) atoms. The van der Waals surface area contributed by atoms with E-state index in [1.165, 1.54) is 29.1 Å². The van der Waals surface area contributed by atoms with Crippen LogP contribution in [0.2, 0.25) is 15.1 Å².